The number of benzene rings is 1. The third-order valence-electron chi connectivity index (χ3n) is 2.29. The maximum absolute atomic E-state index is 13.1. The number of carboxylic acid groups (broad SMARTS) is 1. The number of rotatable bonds is 3. The summed E-state index contributed by atoms with van der Waals surface area (Å²) in [5.41, 5.74) is 0.225. The number of hydrogen-bond donors (Lipinski definition) is 2. The average Bonchev–Trinajstić information content (AvgIpc) is 2.83. The van der Waals surface area contributed by atoms with Gasteiger partial charge in [0, 0.05) is 4.47 Å². The van der Waals surface area contributed by atoms with Crippen LogP contribution < -0.4 is 5.32 Å². The van der Waals surface area contributed by atoms with E-state index in [0.29, 0.717) is 4.47 Å². The summed E-state index contributed by atoms with van der Waals surface area (Å²) >= 11 is 9.78. The fourth-order valence-electron chi connectivity index (χ4n) is 1.41. The molecule has 2 N–H and O–H groups in total. The van der Waals surface area contributed by atoms with Gasteiger partial charge < -0.3 is 10.4 Å². The molecule has 0 atom stereocenters. The highest BCUT2D eigenvalue weighted by molar-refractivity contribution is 9.10. The van der Waals surface area contributed by atoms with Crippen LogP contribution in [-0.2, 0) is 0 Å². The van der Waals surface area contributed by atoms with E-state index in [1.54, 1.807) is 0 Å². The second-order valence-corrected chi connectivity index (χ2v) is 6.01. The van der Waals surface area contributed by atoms with Crippen LogP contribution in [0.5, 0.6) is 0 Å². The lowest BCUT2D eigenvalue weighted by molar-refractivity contribution is 0.0702. The van der Waals surface area contributed by atoms with Gasteiger partial charge in [0.1, 0.15) is 10.7 Å². The Kier molecular flexibility index (Phi) is 4.42. The van der Waals surface area contributed by atoms with Crippen molar-refractivity contribution in [2.75, 3.05) is 5.32 Å². The maximum atomic E-state index is 13.1. The molecule has 0 spiro atoms. The Morgan fingerprint density at radius 1 is 1.30 bits per heavy atom. The normalized spacial score (nSPS) is 10.3. The summed E-state index contributed by atoms with van der Waals surface area (Å²) in [6, 6.07) is 4.97. The van der Waals surface area contributed by atoms with Crippen LogP contribution in [0.2, 0.25) is 5.02 Å². The highest BCUT2D eigenvalue weighted by Gasteiger charge is 2.16. The molecule has 4 nitrogen and oxygen atoms in total. The van der Waals surface area contributed by atoms with Gasteiger partial charge in [0.25, 0.3) is 5.91 Å². The molecular formula is C12H6BrClFNO3S. The number of halogens is 3. The predicted molar refractivity (Wildman–Crippen MR) is 78.3 cm³/mol. The van der Waals surface area contributed by atoms with Crippen LogP contribution in [0.15, 0.2) is 28.7 Å². The minimum Gasteiger partial charge on any atom is -0.477 e. The van der Waals surface area contributed by atoms with Gasteiger partial charge in [-0.05, 0) is 40.2 Å². The van der Waals surface area contributed by atoms with E-state index in [1.165, 1.54) is 18.2 Å². The van der Waals surface area contributed by atoms with Crippen molar-refractivity contribution in [1.29, 1.82) is 0 Å². The van der Waals surface area contributed by atoms with Crippen molar-refractivity contribution in [3.63, 3.8) is 0 Å². The molecule has 0 unspecified atom stereocenters. The Morgan fingerprint density at radius 3 is 2.50 bits per heavy atom. The minimum absolute atomic E-state index is 0.0419. The van der Waals surface area contributed by atoms with Crippen LogP contribution in [0.25, 0.3) is 0 Å². The molecule has 104 valence electrons. The van der Waals surface area contributed by atoms with Crippen molar-refractivity contribution in [1.82, 2.24) is 0 Å². The fraction of sp³-hybridized carbons (Fsp3) is 0. The van der Waals surface area contributed by atoms with Gasteiger partial charge >= 0.3 is 5.97 Å². The summed E-state index contributed by atoms with van der Waals surface area (Å²) in [6.45, 7) is 0. The van der Waals surface area contributed by atoms with Crippen LogP contribution in [0.4, 0.5) is 10.1 Å². The number of carboxylic acids is 1. The molecule has 8 heteroatoms. The average molecular weight is 379 g/mol. The number of thiophene rings is 1. The van der Waals surface area contributed by atoms with E-state index in [4.69, 9.17) is 16.7 Å². The van der Waals surface area contributed by atoms with Crippen molar-refractivity contribution < 1.29 is 19.1 Å². The van der Waals surface area contributed by atoms with Gasteiger partial charge in [0.2, 0.25) is 0 Å². The van der Waals surface area contributed by atoms with Crippen molar-refractivity contribution in [3.05, 3.63) is 49.3 Å². The predicted octanol–water partition coefficient (Wildman–Crippen LogP) is 4.25. The summed E-state index contributed by atoms with van der Waals surface area (Å²) in [5.74, 6) is -2.16. The first-order valence-corrected chi connectivity index (χ1v) is 7.16. The number of amides is 1. The topological polar surface area (TPSA) is 66.4 Å². The van der Waals surface area contributed by atoms with Gasteiger partial charge in [-0.2, -0.15) is 0 Å². The molecular weight excluding hydrogens is 373 g/mol. The smallest absolute Gasteiger partial charge is 0.345 e. The molecule has 1 aromatic carbocycles. The van der Waals surface area contributed by atoms with E-state index in [0.717, 1.165) is 17.4 Å². The number of carbonyl (C=O) groups is 2. The molecule has 1 amide bonds. The Bertz CT molecular complexity index is 681. The number of anilines is 1. The largest absolute Gasteiger partial charge is 0.477 e. The lowest BCUT2D eigenvalue weighted by atomic mass is 10.3. The van der Waals surface area contributed by atoms with E-state index in [9.17, 15) is 14.0 Å². The molecule has 0 saturated heterocycles. The quantitative estimate of drug-likeness (QED) is 0.839. The zero-order chi connectivity index (χ0) is 14.9. The van der Waals surface area contributed by atoms with E-state index in [2.05, 4.69) is 21.2 Å². The summed E-state index contributed by atoms with van der Waals surface area (Å²) in [6.07, 6.45) is 0. The van der Waals surface area contributed by atoms with Crippen LogP contribution in [0.1, 0.15) is 19.3 Å². The maximum Gasteiger partial charge on any atom is 0.345 e. The molecule has 1 aromatic heterocycles. The first-order valence-electron chi connectivity index (χ1n) is 5.17. The summed E-state index contributed by atoms with van der Waals surface area (Å²) in [4.78, 5) is 23.0. The third-order valence-corrected chi connectivity index (χ3v) is 4.28. The first-order chi connectivity index (χ1) is 9.38. The lowest BCUT2D eigenvalue weighted by Crippen LogP contribution is -2.11. The summed E-state index contributed by atoms with van der Waals surface area (Å²) in [5, 5.41) is 11.3. The van der Waals surface area contributed by atoms with E-state index < -0.39 is 17.7 Å². The molecule has 0 radical (unpaired) electrons. The van der Waals surface area contributed by atoms with Gasteiger partial charge in [0.15, 0.2) is 0 Å². The lowest BCUT2D eigenvalue weighted by Gasteiger charge is -2.08. The van der Waals surface area contributed by atoms with Crippen LogP contribution in [0, 0.1) is 5.82 Å². The Balaban J connectivity index is 2.25. The molecule has 0 bridgehead atoms. The molecule has 2 rings (SSSR count). The molecule has 0 aliphatic heterocycles. The van der Waals surface area contributed by atoms with Gasteiger partial charge in [-0.15, -0.1) is 11.3 Å². The SMILES string of the molecule is O=C(O)c1ccc(C(=O)Nc2c(Cl)cc(F)cc2Br)s1. The molecule has 2 aromatic rings. The number of carbonyl (C=O) groups excluding carboxylic acids is 1. The van der Waals surface area contributed by atoms with Crippen LogP contribution >= 0.6 is 38.9 Å². The monoisotopic (exact) mass is 377 g/mol. The van der Waals surface area contributed by atoms with Gasteiger partial charge in [-0.25, -0.2) is 9.18 Å². The molecule has 1 heterocycles. The third kappa shape index (κ3) is 3.17. The summed E-state index contributed by atoms with van der Waals surface area (Å²) < 4.78 is 13.4. The van der Waals surface area contributed by atoms with E-state index in [-0.39, 0.29) is 20.5 Å². The number of aromatic carboxylic acids is 1. The summed E-state index contributed by atoms with van der Waals surface area (Å²) in [7, 11) is 0. The van der Waals surface area contributed by atoms with Crippen LogP contribution in [-0.4, -0.2) is 17.0 Å². The Morgan fingerprint density at radius 2 is 1.95 bits per heavy atom. The van der Waals surface area contributed by atoms with Gasteiger partial charge in [-0.1, -0.05) is 11.6 Å². The highest BCUT2D eigenvalue weighted by Crippen LogP contribution is 2.32. The van der Waals surface area contributed by atoms with Crippen molar-refractivity contribution in [3.8, 4) is 0 Å². The fourth-order valence-corrected chi connectivity index (χ4v) is 3.05. The highest BCUT2D eigenvalue weighted by atomic mass is 79.9. The Labute approximate surface area is 130 Å². The molecule has 0 aliphatic rings. The zero-order valence-electron chi connectivity index (χ0n) is 9.62. The first kappa shape index (κ1) is 15.0. The zero-order valence-corrected chi connectivity index (χ0v) is 12.8. The van der Waals surface area contributed by atoms with Crippen LogP contribution in [0.3, 0.4) is 0 Å². The number of nitrogens with one attached hydrogen (secondary N) is 1. The van der Waals surface area contributed by atoms with Crippen molar-refractivity contribution in [2.45, 2.75) is 0 Å². The second-order valence-electron chi connectivity index (χ2n) is 3.67. The molecule has 20 heavy (non-hydrogen) atoms. The standard InChI is InChI=1S/C12H6BrClFNO3S/c13-6-3-5(15)4-7(14)10(6)16-11(17)8-1-2-9(20-8)12(18)19/h1-4H,(H,16,17)(H,18,19). The molecule has 0 saturated carbocycles. The Hall–Kier alpha value is -1.44. The van der Waals surface area contributed by atoms with Gasteiger partial charge in [-0.3, -0.25) is 4.79 Å². The van der Waals surface area contributed by atoms with E-state index in [1.807, 2.05) is 0 Å². The molecule has 0 fully saturated rings. The van der Waals surface area contributed by atoms with E-state index >= 15 is 0 Å². The second kappa shape index (κ2) is 5.90. The van der Waals surface area contributed by atoms with Gasteiger partial charge in [0.05, 0.1) is 15.6 Å². The van der Waals surface area contributed by atoms with Crippen molar-refractivity contribution >= 4 is 56.4 Å². The molecule has 0 aliphatic carbocycles. The van der Waals surface area contributed by atoms with Crippen molar-refractivity contribution in [2.24, 2.45) is 0 Å². The minimum atomic E-state index is -1.10. The number of hydrogen-bond acceptors (Lipinski definition) is 3.